The van der Waals surface area contributed by atoms with Crippen LogP contribution >= 0.6 is 23.4 Å². The molecule has 2 aromatic carbocycles. The molecule has 0 unspecified atom stereocenters. The van der Waals surface area contributed by atoms with Gasteiger partial charge in [-0.25, -0.2) is 0 Å². The van der Waals surface area contributed by atoms with Gasteiger partial charge in [0.05, 0.1) is 10.6 Å². The average molecular weight is 378 g/mol. The molecule has 0 N–H and O–H groups in total. The van der Waals surface area contributed by atoms with Crippen molar-refractivity contribution in [1.29, 1.82) is 0 Å². The highest BCUT2D eigenvalue weighted by Gasteiger charge is 2.34. The van der Waals surface area contributed by atoms with Crippen LogP contribution in [0, 0.1) is 0 Å². The molecule has 0 radical (unpaired) electrons. The zero-order chi connectivity index (χ0) is 17.9. The number of anilines is 1. The summed E-state index contributed by atoms with van der Waals surface area (Å²) in [6.07, 6.45) is 1.77. The van der Waals surface area contributed by atoms with E-state index in [2.05, 4.69) is 41.3 Å². The van der Waals surface area contributed by atoms with Crippen molar-refractivity contribution in [1.82, 2.24) is 0 Å². The van der Waals surface area contributed by atoms with Crippen molar-refractivity contribution in [3.63, 3.8) is 0 Å². The Hall–Kier alpha value is -1.20. The second kappa shape index (κ2) is 8.00. The number of rotatable bonds is 5. The summed E-state index contributed by atoms with van der Waals surface area (Å²) in [5.41, 5.74) is 2.07. The summed E-state index contributed by atoms with van der Waals surface area (Å²) in [6.45, 7) is 1.48. The molecule has 0 aliphatic carbocycles. The lowest BCUT2D eigenvalue weighted by atomic mass is 9.86. The molecule has 5 heteroatoms. The minimum atomic E-state index is -0.243. The Bertz CT molecular complexity index is 729. The highest BCUT2D eigenvalue weighted by molar-refractivity contribution is 7.99. The highest BCUT2D eigenvalue weighted by Crippen LogP contribution is 2.40. The van der Waals surface area contributed by atoms with Gasteiger partial charge < -0.3 is 14.4 Å². The van der Waals surface area contributed by atoms with E-state index >= 15 is 0 Å². The van der Waals surface area contributed by atoms with Gasteiger partial charge in [-0.2, -0.15) is 0 Å². The topological polar surface area (TPSA) is 21.7 Å². The van der Waals surface area contributed by atoms with Crippen LogP contribution in [0.4, 0.5) is 5.69 Å². The fourth-order valence-corrected chi connectivity index (χ4v) is 4.30. The van der Waals surface area contributed by atoms with Gasteiger partial charge in [-0.05, 0) is 35.9 Å². The second-order valence-corrected chi connectivity index (χ2v) is 7.97. The fourth-order valence-electron chi connectivity index (χ4n) is 3.13. The highest BCUT2D eigenvalue weighted by atomic mass is 35.5. The Balaban J connectivity index is 1.85. The van der Waals surface area contributed by atoms with Crippen LogP contribution in [-0.2, 0) is 15.1 Å². The molecular weight excluding hydrogens is 354 g/mol. The first kappa shape index (κ1) is 18.6. The lowest BCUT2D eigenvalue weighted by Gasteiger charge is -2.36. The van der Waals surface area contributed by atoms with E-state index < -0.39 is 0 Å². The van der Waals surface area contributed by atoms with Gasteiger partial charge >= 0.3 is 0 Å². The van der Waals surface area contributed by atoms with Gasteiger partial charge in [0.1, 0.15) is 0 Å². The van der Waals surface area contributed by atoms with E-state index in [-0.39, 0.29) is 5.60 Å². The molecule has 0 bridgehead atoms. The summed E-state index contributed by atoms with van der Waals surface area (Å²) < 4.78 is 11.4. The first-order chi connectivity index (χ1) is 12.0. The monoisotopic (exact) mass is 377 g/mol. The van der Waals surface area contributed by atoms with Gasteiger partial charge in [-0.1, -0.05) is 35.5 Å². The smallest absolute Gasteiger partial charge is 0.0971 e. The van der Waals surface area contributed by atoms with Crippen LogP contribution in [0.5, 0.6) is 0 Å². The van der Waals surface area contributed by atoms with E-state index in [0.29, 0.717) is 0 Å². The van der Waals surface area contributed by atoms with E-state index in [1.165, 1.54) is 10.5 Å². The van der Waals surface area contributed by atoms with Gasteiger partial charge in [0, 0.05) is 62.7 Å². The normalized spacial score (nSPS) is 16.6. The van der Waals surface area contributed by atoms with E-state index in [0.717, 1.165) is 41.7 Å². The van der Waals surface area contributed by atoms with Crippen LogP contribution in [0.15, 0.2) is 52.3 Å². The number of hydrogen-bond acceptors (Lipinski definition) is 4. The zero-order valence-electron chi connectivity index (χ0n) is 14.9. The van der Waals surface area contributed by atoms with Crippen LogP contribution in [0.3, 0.4) is 0 Å². The maximum atomic E-state index is 6.48. The third-order valence-corrected chi connectivity index (χ3v) is 6.20. The molecule has 3 nitrogen and oxygen atoms in total. The van der Waals surface area contributed by atoms with Gasteiger partial charge in [0.2, 0.25) is 0 Å². The van der Waals surface area contributed by atoms with E-state index in [4.69, 9.17) is 21.1 Å². The Labute approximate surface area is 159 Å². The fraction of sp³-hybridized carbons (Fsp3) is 0.400. The van der Waals surface area contributed by atoms with Crippen molar-refractivity contribution in [2.24, 2.45) is 0 Å². The number of halogens is 1. The summed E-state index contributed by atoms with van der Waals surface area (Å²) in [7, 11) is 5.82. The van der Waals surface area contributed by atoms with Crippen LogP contribution < -0.4 is 4.90 Å². The number of hydrogen-bond donors (Lipinski definition) is 0. The Kier molecular flexibility index (Phi) is 5.95. The minimum absolute atomic E-state index is 0.243. The molecular formula is C20H24ClNO2S. The van der Waals surface area contributed by atoms with Crippen molar-refractivity contribution >= 4 is 29.1 Å². The van der Waals surface area contributed by atoms with Gasteiger partial charge in [-0.3, -0.25) is 0 Å². The SMILES string of the molecule is COC1(c2cccc(Sc3ccc(N(C)C)cc3Cl)c2)CCOCC1. The maximum absolute atomic E-state index is 6.48. The predicted octanol–water partition coefficient (Wildman–Crippen LogP) is 5.21. The van der Waals surface area contributed by atoms with E-state index in [1.807, 2.05) is 20.2 Å². The van der Waals surface area contributed by atoms with Crippen molar-refractivity contribution in [2.75, 3.05) is 39.3 Å². The minimum Gasteiger partial charge on any atom is -0.381 e. The number of nitrogens with zero attached hydrogens (tertiary/aromatic N) is 1. The molecule has 1 fully saturated rings. The second-order valence-electron chi connectivity index (χ2n) is 6.45. The summed E-state index contributed by atoms with van der Waals surface area (Å²) in [5, 5.41) is 0.772. The van der Waals surface area contributed by atoms with Crippen LogP contribution in [0.25, 0.3) is 0 Å². The lowest BCUT2D eigenvalue weighted by molar-refractivity contribution is -0.0948. The Morgan fingerprint density at radius 3 is 2.52 bits per heavy atom. The van der Waals surface area contributed by atoms with Gasteiger partial charge in [-0.15, -0.1) is 0 Å². The molecule has 3 rings (SSSR count). The molecule has 0 spiro atoms. The first-order valence-electron chi connectivity index (χ1n) is 8.42. The largest absolute Gasteiger partial charge is 0.381 e. The quantitative estimate of drug-likeness (QED) is 0.713. The van der Waals surface area contributed by atoms with Crippen molar-refractivity contribution in [3.8, 4) is 0 Å². The maximum Gasteiger partial charge on any atom is 0.0971 e. The van der Waals surface area contributed by atoms with Crippen molar-refractivity contribution in [3.05, 3.63) is 53.1 Å². The summed E-state index contributed by atoms with van der Waals surface area (Å²) >= 11 is 8.16. The molecule has 1 saturated heterocycles. The number of benzene rings is 2. The van der Waals surface area contributed by atoms with Crippen LogP contribution in [-0.4, -0.2) is 34.4 Å². The van der Waals surface area contributed by atoms with Crippen LogP contribution in [0.2, 0.25) is 5.02 Å². The molecule has 0 saturated carbocycles. The molecule has 0 amide bonds. The third kappa shape index (κ3) is 4.14. The molecule has 1 aliphatic heterocycles. The molecule has 0 aromatic heterocycles. The molecule has 2 aromatic rings. The summed E-state index contributed by atoms with van der Waals surface area (Å²) in [6, 6.07) is 14.7. The van der Waals surface area contributed by atoms with E-state index in [9.17, 15) is 0 Å². The molecule has 1 heterocycles. The third-order valence-electron chi connectivity index (χ3n) is 4.71. The molecule has 0 atom stereocenters. The molecule has 134 valence electrons. The van der Waals surface area contributed by atoms with Gasteiger partial charge in [0.25, 0.3) is 0 Å². The zero-order valence-corrected chi connectivity index (χ0v) is 16.5. The Morgan fingerprint density at radius 2 is 1.88 bits per heavy atom. The summed E-state index contributed by atoms with van der Waals surface area (Å²) in [5.74, 6) is 0. The molecule has 25 heavy (non-hydrogen) atoms. The Morgan fingerprint density at radius 1 is 1.12 bits per heavy atom. The van der Waals surface area contributed by atoms with E-state index in [1.54, 1.807) is 18.9 Å². The standard InChI is InChI=1S/C20H24ClNO2S/c1-22(2)16-7-8-19(18(21)14-16)25-17-6-4-5-15(13-17)20(23-3)9-11-24-12-10-20/h4-8,13-14H,9-12H2,1-3H3. The van der Waals surface area contributed by atoms with Crippen molar-refractivity contribution in [2.45, 2.75) is 28.2 Å². The van der Waals surface area contributed by atoms with Crippen LogP contribution in [0.1, 0.15) is 18.4 Å². The number of methoxy groups -OCH3 is 1. The predicted molar refractivity (Wildman–Crippen MR) is 105 cm³/mol. The lowest BCUT2D eigenvalue weighted by Crippen LogP contribution is -2.35. The summed E-state index contributed by atoms with van der Waals surface area (Å²) in [4.78, 5) is 4.27. The van der Waals surface area contributed by atoms with Crippen molar-refractivity contribution < 1.29 is 9.47 Å². The average Bonchev–Trinajstić information content (AvgIpc) is 2.64. The first-order valence-corrected chi connectivity index (χ1v) is 9.62. The number of ether oxygens (including phenoxy) is 2. The molecule has 1 aliphatic rings. The van der Waals surface area contributed by atoms with Gasteiger partial charge in [0.15, 0.2) is 0 Å².